The van der Waals surface area contributed by atoms with Gasteiger partial charge in [-0.1, -0.05) is 18.2 Å². The average molecular weight is 486 g/mol. The zero-order valence-corrected chi connectivity index (χ0v) is 21.0. The Balaban J connectivity index is 1.55. The van der Waals surface area contributed by atoms with Crippen LogP contribution in [0.2, 0.25) is 0 Å². The fraction of sp³-hybridized carbons (Fsp3) is 0.500. The first-order valence-electron chi connectivity index (χ1n) is 12.5. The summed E-state index contributed by atoms with van der Waals surface area (Å²) in [6.45, 7) is 10.7. The van der Waals surface area contributed by atoms with Crippen LogP contribution in [0.15, 0.2) is 36.4 Å². The monoisotopic (exact) mass is 485 g/mol. The van der Waals surface area contributed by atoms with Gasteiger partial charge in [0, 0.05) is 66.0 Å². The number of nitrogens with one attached hydrogen (secondary N) is 1. The normalized spacial score (nSPS) is 22.0. The van der Waals surface area contributed by atoms with Gasteiger partial charge in [-0.05, 0) is 52.7 Å². The molecule has 5 rings (SSSR count). The second kappa shape index (κ2) is 8.86. The lowest BCUT2D eigenvalue weighted by atomic mass is 9.87. The Kier molecular flexibility index (Phi) is 6.12. The standard InChI is InChI=1S/C28H34F3N3O/c1-16(2)33-13-19(14-33)35-18-11-22(29)25(23(30)12-18)27-26-21(20-8-6-7-9-24(20)32-26)10-17(3)34(27)15-28(4,5)31/h6-9,11-12,16-17,19,27,32H,10,13-15H2,1-5H3/t17-,27-/m1/s1. The summed E-state index contributed by atoms with van der Waals surface area (Å²) in [5, 5.41) is 1.04. The lowest BCUT2D eigenvalue weighted by Crippen LogP contribution is -2.56. The fourth-order valence-electron chi connectivity index (χ4n) is 5.55. The average Bonchev–Trinajstić information content (AvgIpc) is 3.09. The molecule has 0 unspecified atom stereocenters. The number of benzene rings is 2. The van der Waals surface area contributed by atoms with Gasteiger partial charge in [0.05, 0.1) is 6.04 Å². The van der Waals surface area contributed by atoms with E-state index in [4.69, 9.17) is 4.74 Å². The predicted octanol–water partition coefficient (Wildman–Crippen LogP) is 6.00. The third-order valence-corrected chi connectivity index (χ3v) is 7.31. The molecule has 188 valence electrons. The van der Waals surface area contributed by atoms with Crippen molar-refractivity contribution in [1.82, 2.24) is 14.8 Å². The summed E-state index contributed by atoms with van der Waals surface area (Å²) >= 11 is 0. The number of H-pyrrole nitrogens is 1. The van der Waals surface area contributed by atoms with Crippen LogP contribution < -0.4 is 4.74 Å². The highest BCUT2D eigenvalue weighted by atomic mass is 19.1. The molecule has 1 fully saturated rings. The lowest BCUT2D eigenvalue weighted by molar-refractivity contribution is -0.000240. The van der Waals surface area contributed by atoms with Gasteiger partial charge in [-0.15, -0.1) is 0 Å². The minimum atomic E-state index is -1.53. The van der Waals surface area contributed by atoms with E-state index in [9.17, 15) is 4.39 Å². The Labute approximate surface area is 205 Å². The summed E-state index contributed by atoms with van der Waals surface area (Å²) < 4.78 is 52.2. The molecule has 0 bridgehead atoms. The highest BCUT2D eigenvalue weighted by Crippen LogP contribution is 2.43. The number of hydrogen-bond donors (Lipinski definition) is 1. The SMILES string of the molecule is CC(C)N1CC(Oc2cc(F)c([C@@H]3c4[nH]c5ccccc5c4C[C@@H](C)N3CC(C)(C)F)c(F)c2)C1. The molecular formula is C28H34F3N3O. The van der Waals surface area contributed by atoms with Crippen molar-refractivity contribution in [3.8, 4) is 5.75 Å². The minimum Gasteiger partial charge on any atom is -0.488 e. The molecule has 0 radical (unpaired) electrons. The van der Waals surface area contributed by atoms with Crippen LogP contribution in [0.1, 0.15) is 57.5 Å². The van der Waals surface area contributed by atoms with Crippen molar-refractivity contribution in [3.05, 3.63) is 64.9 Å². The molecule has 2 aliphatic heterocycles. The fourth-order valence-corrected chi connectivity index (χ4v) is 5.55. The van der Waals surface area contributed by atoms with E-state index >= 15 is 8.78 Å². The molecular weight excluding hydrogens is 451 g/mol. The molecule has 1 aromatic heterocycles. The van der Waals surface area contributed by atoms with Gasteiger partial charge in [0.1, 0.15) is 29.2 Å². The molecule has 3 heterocycles. The van der Waals surface area contributed by atoms with E-state index in [1.54, 1.807) is 0 Å². The molecule has 0 amide bonds. The number of likely N-dealkylation sites (tertiary alicyclic amines) is 1. The van der Waals surface area contributed by atoms with Crippen LogP contribution in [-0.2, 0) is 6.42 Å². The lowest BCUT2D eigenvalue weighted by Gasteiger charge is -2.43. The maximum atomic E-state index is 15.7. The number of aromatic nitrogens is 1. The molecule has 0 saturated carbocycles. The first-order valence-corrected chi connectivity index (χ1v) is 12.5. The van der Waals surface area contributed by atoms with Crippen molar-refractivity contribution < 1.29 is 17.9 Å². The largest absolute Gasteiger partial charge is 0.488 e. The number of halogens is 3. The van der Waals surface area contributed by atoms with Crippen molar-refractivity contribution in [2.75, 3.05) is 19.6 Å². The van der Waals surface area contributed by atoms with Gasteiger partial charge in [0.15, 0.2) is 0 Å². The highest BCUT2D eigenvalue weighted by Gasteiger charge is 2.41. The maximum Gasteiger partial charge on any atom is 0.135 e. The maximum absolute atomic E-state index is 15.7. The Morgan fingerprint density at radius 3 is 2.40 bits per heavy atom. The number of alkyl halides is 1. The van der Waals surface area contributed by atoms with Gasteiger partial charge >= 0.3 is 0 Å². The summed E-state index contributed by atoms with van der Waals surface area (Å²) in [6.07, 6.45) is 0.589. The zero-order valence-electron chi connectivity index (χ0n) is 21.0. The van der Waals surface area contributed by atoms with Gasteiger partial charge in [-0.2, -0.15) is 0 Å². The third-order valence-electron chi connectivity index (χ3n) is 7.31. The molecule has 0 aliphatic carbocycles. The number of rotatable bonds is 6. The highest BCUT2D eigenvalue weighted by molar-refractivity contribution is 5.85. The number of para-hydroxylation sites is 1. The molecule has 1 saturated heterocycles. The van der Waals surface area contributed by atoms with Crippen molar-refractivity contribution in [2.24, 2.45) is 0 Å². The van der Waals surface area contributed by atoms with Gasteiger partial charge < -0.3 is 9.72 Å². The molecule has 7 heteroatoms. The van der Waals surface area contributed by atoms with E-state index in [1.807, 2.05) is 36.1 Å². The van der Waals surface area contributed by atoms with E-state index in [-0.39, 0.29) is 30.0 Å². The number of aromatic amines is 1. The minimum absolute atomic E-state index is 0.0535. The second-order valence-corrected chi connectivity index (χ2v) is 11.0. The van der Waals surface area contributed by atoms with Crippen molar-refractivity contribution in [1.29, 1.82) is 0 Å². The first-order chi connectivity index (χ1) is 16.5. The van der Waals surface area contributed by atoms with Crippen LogP contribution in [0.5, 0.6) is 5.75 Å². The van der Waals surface area contributed by atoms with Crippen LogP contribution in [0.3, 0.4) is 0 Å². The summed E-state index contributed by atoms with van der Waals surface area (Å²) in [7, 11) is 0. The Morgan fingerprint density at radius 1 is 1.11 bits per heavy atom. The number of fused-ring (bicyclic) bond motifs is 3. The van der Waals surface area contributed by atoms with Gasteiger partial charge in [0.25, 0.3) is 0 Å². The summed E-state index contributed by atoms with van der Waals surface area (Å²) in [4.78, 5) is 7.52. The molecule has 0 spiro atoms. The first kappa shape index (κ1) is 24.2. The van der Waals surface area contributed by atoms with Crippen molar-refractivity contribution in [2.45, 2.75) is 70.9 Å². The Hall–Kier alpha value is -2.51. The zero-order chi connectivity index (χ0) is 25.1. The Bertz CT molecular complexity index is 1200. The van der Waals surface area contributed by atoms with E-state index in [0.29, 0.717) is 12.5 Å². The van der Waals surface area contributed by atoms with Gasteiger partial charge in [-0.25, -0.2) is 13.2 Å². The molecule has 1 N–H and O–H groups in total. The van der Waals surface area contributed by atoms with E-state index in [2.05, 4.69) is 23.7 Å². The van der Waals surface area contributed by atoms with Crippen LogP contribution in [0.25, 0.3) is 10.9 Å². The summed E-state index contributed by atoms with van der Waals surface area (Å²) in [6, 6.07) is 9.95. The molecule has 35 heavy (non-hydrogen) atoms. The van der Waals surface area contributed by atoms with E-state index in [1.165, 1.54) is 26.0 Å². The quantitative estimate of drug-likeness (QED) is 0.465. The van der Waals surface area contributed by atoms with Gasteiger partial charge in [-0.3, -0.25) is 9.80 Å². The van der Waals surface area contributed by atoms with Crippen molar-refractivity contribution >= 4 is 10.9 Å². The molecule has 2 aromatic carbocycles. The van der Waals surface area contributed by atoms with Crippen molar-refractivity contribution in [3.63, 3.8) is 0 Å². The van der Waals surface area contributed by atoms with Crippen LogP contribution in [-0.4, -0.2) is 58.3 Å². The van der Waals surface area contributed by atoms with E-state index < -0.39 is 23.3 Å². The topological polar surface area (TPSA) is 31.5 Å². The smallest absolute Gasteiger partial charge is 0.135 e. The van der Waals surface area contributed by atoms with Crippen LogP contribution in [0.4, 0.5) is 13.2 Å². The van der Waals surface area contributed by atoms with Crippen LogP contribution >= 0.6 is 0 Å². The van der Waals surface area contributed by atoms with Crippen LogP contribution in [0, 0.1) is 11.6 Å². The summed E-state index contributed by atoms with van der Waals surface area (Å²) in [5.41, 5.74) is 1.08. The number of hydrogen-bond acceptors (Lipinski definition) is 3. The molecule has 2 aliphatic rings. The summed E-state index contributed by atoms with van der Waals surface area (Å²) in [5.74, 6) is -1.16. The van der Waals surface area contributed by atoms with E-state index in [0.717, 1.165) is 35.2 Å². The number of ether oxygens (including phenoxy) is 1. The third kappa shape index (κ3) is 4.56. The van der Waals surface area contributed by atoms with Gasteiger partial charge in [0.2, 0.25) is 0 Å². The number of nitrogens with zero attached hydrogens (tertiary/aromatic N) is 2. The molecule has 2 atom stereocenters. The molecule has 4 nitrogen and oxygen atoms in total. The molecule has 3 aromatic rings. The Morgan fingerprint density at radius 2 is 1.77 bits per heavy atom. The second-order valence-electron chi connectivity index (χ2n) is 11.0. The predicted molar refractivity (Wildman–Crippen MR) is 133 cm³/mol.